The van der Waals surface area contributed by atoms with E-state index in [0.29, 0.717) is 5.75 Å². The number of nitrogens with zero attached hydrogens (tertiary/aromatic N) is 1. The molecule has 5 heteroatoms. The Balaban J connectivity index is 1.88. The molecule has 1 heterocycles. The van der Waals surface area contributed by atoms with E-state index in [-0.39, 0.29) is 0 Å². The first-order valence-electron chi connectivity index (χ1n) is 4.83. The minimum Gasteiger partial charge on any atom is -0.410 e. The number of para-hydroxylation sites is 1. The topological polar surface area (TPSA) is 41.6 Å². The molecular weight excluding hydrogens is 224 g/mol. The van der Waals surface area contributed by atoms with Gasteiger partial charge in [0.05, 0.1) is 10.9 Å². The number of benzene rings is 1. The van der Waals surface area contributed by atoms with Gasteiger partial charge in [0.1, 0.15) is 5.75 Å². The lowest BCUT2D eigenvalue weighted by atomic mass is 10.3. The maximum atomic E-state index is 11.5. The fourth-order valence-electron chi connectivity index (χ4n) is 1.24. The molecule has 0 spiro atoms. The van der Waals surface area contributed by atoms with Crippen LogP contribution in [-0.4, -0.2) is 23.9 Å². The number of rotatable bonds is 2. The van der Waals surface area contributed by atoms with Crippen molar-refractivity contribution >= 4 is 17.9 Å². The predicted octanol–water partition coefficient (Wildman–Crippen LogP) is 2.21. The lowest BCUT2D eigenvalue weighted by Crippen LogP contribution is -2.24. The maximum Gasteiger partial charge on any atom is 0.417 e. The lowest BCUT2D eigenvalue weighted by molar-refractivity contribution is 0.204. The first-order chi connectivity index (χ1) is 7.74. The Morgan fingerprint density at radius 2 is 2.19 bits per heavy atom. The van der Waals surface area contributed by atoms with Crippen LogP contribution in [0.4, 0.5) is 4.79 Å². The summed E-state index contributed by atoms with van der Waals surface area (Å²) in [4.78, 5) is 13.5. The van der Waals surface area contributed by atoms with E-state index in [1.807, 2.05) is 36.3 Å². The van der Waals surface area contributed by atoms with Crippen LogP contribution in [0.5, 0.6) is 5.75 Å². The quantitative estimate of drug-likeness (QED) is 0.854. The number of carbonyl (C=O) groups excluding carboxylic acids is 1. The Morgan fingerprint density at radius 3 is 2.81 bits per heavy atom. The zero-order valence-corrected chi connectivity index (χ0v) is 9.66. The van der Waals surface area contributed by atoms with Gasteiger partial charge in [-0.15, -0.1) is 0 Å². The average molecular weight is 236 g/mol. The zero-order chi connectivity index (χ0) is 11.4. The van der Waals surface area contributed by atoms with Crippen molar-refractivity contribution in [1.82, 2.24) is 10.2 Å². The smallest absolute Gasteiger partial charge is 0.410 e. The largest absolute Gasteiger partial charge is 0.417 e. The monoisotopic (exact) mass is 236 g/mol. The van der Waals surface area contributed by atoms with Crippen molar-refractivity contribution in [3.05, 3.63) is 41.6 Å². The highest BCUT2D eigenvalue weighted by atomic mass is 32.2. The molecule has 0 saturated heterocycles. The summed E-state index contributed by atoms with van der Waals surface area (Å²) in [6.07, 6.45) is 1.41. The normalized spacial score (nSPS) is 14.6. The molecular formula is C11H12N2O2S. The van der Waals surface area contributed by atoms with Crippen molar-refractivity contribution < 1.29 is 9.53 Å². The van der Waals surface area contributed by atoms with Gasteiger partial charge in [-0.1, -0.05) is 30.0 Å². The third-order valence-corrected chi connectivity index (χ3v) is 3.00. The number of nitrogens with one attached hydrogen (secondary N) is 1. The lowest BCUT2D eigenvalue weighted by Gasteiger charge is -2.05. The zero-order valence-electron chi connectivity index (χ0n) is 8.84. The average Bonchev–Trinajstić information content (AvgIpc) is 2.65. The molecule has 84 valence electrons. The van der Waals surface area contributed by atoms with Crippen LogP contribution >= 0.6 is 11.8 Å². The van der Waals surface area contributed by atoms with Gasteiger partial charge < -0.3 is 9.64 Å². The van der Waals surface area contributed by atoms with Gasteiger partial charge in [-0.25, -0.2) is 4.79 Å². The Hall–Kier alpha value is -1.62. The molecule has 16 heavy (non-hydrogen) atoms. The van der Waals surface area contributed by atoms with Crippen LogP contribution in [0.3, 0.4) is 0 Å². The Morgan fingerprint density at radius 1 is 1.44 bits per heavy atom. The van der Waals surface area contributed by atoms with Crippen molar-refractivity contribution in [2.75, 3.05) is 12.9 Å². The molecule has 0 bridgehead atoms. The van der Waals surface area contributed by atoms with Crippen LogP contribution in [0.15, 0.2) is 41.6 Å². The highest BCUT2D eigenvalue weighted by molar-refractivity contribution is 8.03. The van der Waals surface area contributed by atoms with Crippen molar-refractivity contribution in [1.29, 1.82) is 0 Å². The van der Waals surface area contributed by atoms with Crippen LogP contribution < -0.4 is 10.1 Å². The van der Waals surface area contributed by atoms with Gasteiger partial charge >= 0.3 is 6.09 Å². The van der Waals surface area contributed by atoms with Gasteiger partial charge in [0.25, 0.3) is 0 Å². The highest BCUT2D eigenvalue weighted by Crippen LogP contribution is 2.21. The molecule has 0 aliphatic carbocycles. The molecule has 4 nitrogen and oxygen atoms in total. The van der Waals surface area contributed by atoms with Crippen LogP contribution in [-0.2, 0) is 0 Å². The van der Waals surface area contributed by atoms with E-state index < -0.39 is 6.09 Å². The number of amides is 1. The third-order valence-electron chi connectivity index (χ3n) is 1.94. The second-order valence-corrected chi connectivity index (χ2v) is 4.34. The van der Waals surface area contributed by atoms with E-state index >= 15 is 0 Å². The van der Waals surface area contributed by atoms with Crippen LogP contribution in [0, 0.1) is 0 Å². The molecule has 0 saturated carbocycles. The van der Waals surface area contributed by atoms with Crippen LogP contribution in [0.1, 0.15) is 0 Å². The summed E-state index contributed by atoms with van der Waals surface area (Å²) in [7, 11) is 1.95. The van der Waals surface area contributed by atoms with E-state index in [9.17, 15) is 4.79 Å². The fourth-order valence-corrected chi connectivity index (χ4v) is 2.06. The number of carbonyl (C=O) groups is 1. The Labute approximate surface area is 98.3 Å². The van der Waals surface area contributed by atoms with Crippen molar-refractivity contribution in [3.8, 4) is 5.75 Å². The molecule has 1 aliphatic heterocycles. The highest BCUT2D eigenvalue weighted by Gasteiger charge is 2.13. The summed E-state index contributed by atoms with van der Waals surface area (Å²) in [6.45, 7) is 0. The Kier molecular flexibility index (Phi) is 3.36. The number of hydrogen-bond donors (Lipinski definition) is 1. The molecule has 0 radical (unpaired) electrons. The second kappa shape index (κ2) is 4.94. The van der Waals surface area contributed by atoms with Gasteiger partial charge in [-0.3, -0.25) is 5.32 Å². The predicted molar refractivity (Wildman–Crippen MR) is 63.9 cm³/mol. The minimum atomic E-state index is -0.458. The Bertz CT molecular complexity index is 406. The first kappa shape index (κ1) is 10.9. The standard InChI is InChI=1S/C11H12N2O2S/c1-13-7-10(16-8-13)12-11(14)15-9-5-3-2-4-6-9/h2-7H,8H2,1H3,(H,12,14). The number of hydrogen-bond acceptors (Lipinski definition) is 4. The van der Waals surface area contributed by atoms with E-state index in [1.165, 1.54) is 0 Å². The summed E-state index contributed by atoms with van der Waals surface area (Å²) in [5.41, 5.74) is 0. The van der Waals surface area contributed by atoms with Gasteiger partial charge in [0, 0.05) is 13.2 Å². The molecule has 1 aliphatic rings. The molecule has 0 aromatic heterocycles. The second-order valence-electron chi connectivity index (χ2n) is 3.35. The summed E-state index contributed by atoms with van der Waals surface area (Å²) in [5, 5.41) is 3.49. The molecule has 2 rings (SSSR count). The molecule has 1 amide bonds. The van der Waals surface area contributed by atoms with E-state index in [2.05, 4.69) is 5.32 Å². The van der Waals surface area contributed by atoms with E-state index in [1.54, 1.807) is 23.9 Å². The van der Waals surface area contributed by atoms with Crippen LogP contribution in [0.25, 0.3) is 0 Å². The van der Waals surface area contributed by atoms with Crippen molar-refractivity contribution in [3.63, 3.8) is 0 Å². The molecule has 0 fully saturated rings. The number of thioether (sulfide) groups is 1. The first-order valence-corrected chi connectivity index (χ1v) is 5.81. The number of ether oxygens (including phenoxy) is 1. The van der Waals surface area contributed by atoms with Gasteiger partial charge in [0.2, 0.25) is 0 Å². The molecule has 0 atom stereocenters. The summed E-state index contributed by atoms with van der Waals surface area (Å²) >= 11 is 1.56. The summed E-state index contributed by atoms with van der Waals surface area (Å²) < 4.78 is 5.09. The third kappa shape index (κ3) is 2.93. The van der Waals surface area contributed by atoms with Crippen LogP contribution in [0.2, 0.25) is 0 Å². The van der Waals surface area contributed by atoms with E-state index in [4.69, 9.17) is 4.74 Å². The summed E-state index contributed by atoms with van der Waals surface area (Å²) in [6, 6.07) is 8.98. The van der Waals surface area contributed by atoms with Gasteiger partial charge in [-0.2, -0.15) is 0 Å². The summed E-state index contributed by atoms with van der Waals surface area (Å²) in [5.74, 6) is 1.39. The van der Waals surface area contributed by atoms with Gasteiger partial charge in [-0.05, 0) is 12.1 Å². The molecule has 1 aromatic rings. The molecule has 1 aromatic carbocycles. The van der Waals surface area contributed by atoms with Gasteiger partial charge in [0.15, 0.2) is 0 Å². The molecule has 1 N–H and O–H groups in total. The van der Waals surface area contributed by atoms with Crippen molar-refractivity contribution in [2.24, 2.45) is 0 Å². The van der Waals surface area contributed by atoms with Crippen molar-refractivity contribution in [2.45, 2.75) is 0 Å². The maximum absolute atomic E-state index is 11.5. The fraction of sp³-hybridized carbons (Fsp3) is 0.182. The SMILES string of the molecule is CN1C=C(NC(=O)Oc2ccccc2)SC1. The molecule has 0 unspecified atom stereocenters. The minimum absolute atomic E-state index is 0.458. The van der Waals surface area contributed by atoms with E-state index in [0.717, 1.165) is 10.9 Å².